The lowest BCUT2D eigenvalue weighted by Gasteiger charge is -2.22. The highest BCUT2D eigenvalue weighted by molar-refractivity contribution is 6.23. The molecule has 0 saturated carbocycles. The Morgan fingerprint density at radius 1 is 0.929 bits per heavy atom. The first kappa shape index (κ1) is 18.4. The van der Waals surface area contributed by atoms with Crippen molar-refractivity contribution in [1.82, 2.24) is 5.32 Å². The minimum absolute atomic E-state index is 0.289. The van der Waals surface area contributed by atoms with E-state index in [4.69, 9.17) is 4.74 Å². The van der Waals surface area contributed by atoms with Crippen molar-refractivity contribution >= 4 is 23.5 Å². The number of fused-ring (bicyclic) bond motifs is 1. The van der Waals surface area contributed by atoms with Crippen molar-refractivity contribution in [3.05, 3.63) is 66.2 Å². The van der Waals surface area contributed by atoms with Gasteiger partial charge in [-0.05, 0) is 31.5 Å². The van der Waals surface area contributed by atoms with Crippen LogP contribution < -0.4 is 10.2 Å². The third-order valence-electron chi connectivity index (χ3n) is 5.25. The van der Waals surface area contributed by atoms with E-state index in [2.05, 4.69) is 5.32 Å². The van der Waals surface area contributed by atoms with E-state index in [1.165, 1.54) is 4.90 Å². The van der Waals surface area contributed by atoms with Crippen LogP contribution in [0.25, 0.3) is 0 Å². The molecule has 4 atom stereocenters. The first-order valence-electron chi connectivity index (χ1n) is 9.43. The Hall–Kier alpha value is -2.99. The topological polar surface area (TPSA) is 75.7 Å². The zero-order valence-electron chi connectivity index (χ0n) is 15.7. The van der Waals surface area contributed by atoms with E-state index in [1.807, 2.05) is 36.4 Å². The number of carbonyl (C=O) groups is 3. The summed E-state index contributed by atoms with van der Waals surface area (Å²) >= 11 is 0. The second kappa shape index (κ2) is 7.20. The number of hydrogen-bond acceptors (Lipinski definition) is 5. The van der Waals surface area contributed by atoms with Gasteiger partial charge in [0.1, 0.15) is 6.04 Å². The Bertz CT molecular complexity index is 897. The molecule has 0 unspecified atom stereocenters. The highest BCUT2D eigenvalue weighted by Gasteiger charge is 2.61. The van der Waals surface area contributed by atoms with Crippen LogP contribution in [0.3, 0.4) is 0 Å². The van der Waals surface area contributed by atoms with Crippen LogP contribution in [0.4, 0.5) is 5.69 Å². The second-order valence-electron chi connectivity index (χ2n) is 7.42. The van der Waals surface area contributed by atoms with Crippen LogP contribution in [-0.2, 0) is 19.1 Å². The molecule has 0 bridgehead atoms. The van der Waals surface area contributed by atoms with Gasteiger partial charge in [-0.15, -0.1) is 0 Å². The number of imide groups is 1. The number of esters is 1. The van der Waals surface area contributed by atoms with Crippen LogP contribution in [0.1, 0.15) is 25.5 Å². The van der Waals surface area contributed by atoms with Crippen LogP contribution in [0.15, 0.2) is 60.7 Å². The van der Waals surface area contributed by atoms with Crippen molar-refractivity contribution in [3.63, 3.8) is 0 Å². The molecule has 4 rings (SSSR count). The maximum atomic E-state index is 13.3. The molecule has 2 saturated heterocycles. The molecule has 2 aliphatic rings. The lowest BCUT2D eigenvalue weighted by Crippen LogP contribution is -2.44. The smallest absolute Gasteiger partial charge is 0.324 e. The van der Waals surface area contributed by atoms with Gasteiger partial charge in [0.05, 0.1) is 23.6 Å². The highest BCUT2D eigenvalue weighted by Crippen LogP contribution is 2.45. The zero-order valence-corrected chi connectivity index (χ0v) is 15.7. The number of rotatable bonds is 4. The van der Waals surface area contributed by atoms with E-state index in [1.54, 1.807) is 38.1 Å². The van der Waals surface area contributed by atoms with Gasteiger partial charge in [-0.1, -0.05) is 48.5 Å². The molecule has 2 aliphatic heterocycles. The second-order valence-corrected chi connectivity index (χ2v) is 7.42. The number of amides is 2. The number of para-hydroxylation sites is 1. The van der Waals surface area contributed by atoms with Gasteiger partial charge in [0.15, 0.2) is 0 Å². The Labute approximate surface area is 163 Å². The lowest BCUT2D eigenvalue weighted by atomic mass is 9.86. The van der Waals surface area contributed by atoms with Crippen LogP contribution in [0.2, 0.25) is 0 Å². The van der Waals surface area contributed by atoms with E-state index in [0.29, 0.717) is 5.69 Å². The molecular formula is C22H22N2O4. The predicted molar refractivity (Wildman–Crippen MR) is 103 cm³/mol. The van der Waals surface area contributed by atoms with Crippen molar-refractivity contribution in [2.45, 2.75) is 32.0 Å². The molecule has 6 nitrogen and oxygen atoms in total. The summed E-state index contributed by atoms with van der Waals surface area (Å²) < 4.78 is 5.37. The number of hydrogen-bond donors (Lipinski definition) is 1. The Morgan fingerprint density at radius 3 is 2.11 bits per heavy atom. The van der Waals surface area contributed by atoms with Gasteiger partial charge in [0, 0.05) is 6.04 Å². The minimum Gasteiger partial charge on any atom is -0.462 e. The quantitative estimate of drug-likeness (QED) is 0.653. The SMILES string of the molecule is CC(C)OC(=O)[C@H]1N[C@@H](c2ccccc2)[C@H]2C(=O)N(c3ccccc3)C(=O)[C@H]21. The molecule has 0 aromatic heterocycles. The maximum absolute atomic E-state index is 13.3. The molecule has 1 N–H and O–H groups in total. The highest BCUT2D eigenvalue weighted by atomic mass is 16.5. The van der Waals surface area contributed by atoms with E-state index >= 15 is 0 Å². The summed E-state index contributed by atoms with van der Waals surface area (Å²) in [5, 5.41) is 3.20. The molecule has 2 fully saturated rings. The zero-order chi connectivity index (χ0) is 19.8. The Balaban J connectivity index is 1.75. The van der Waals surface area contributed by atoms with Crippen molar-refractivity contribution in [1.29, 1.82) is 0 Å². The molecule has 0 aliphatic carbocycles. The van der Waals surface area contributed by atoms with E-state index in [0.717, 1.165) is 5.56 Å². The molecule has 2 aromatic carbocycles. The molecule has 6 heteroatoms. The molecule has 144 valence electrons. The van der Waals surface area contributed by atoms with Gasteiger partial charge in [0.2, 0.25) is 11.8 Å². The van der Waals surface area contributed by atoms with Gasteiger partial charge in [-0.2, -0.15) is 0 Å². The van der Waals surface area contributed by atoms with Crippen LogP contribution in [0, 0.1) is 11.8 Å². The summed E-state index contributed by atoms with van der Waals surface area (Å²) in [4.78, 5) is 40.4. The van der Waals surface area contributed by atoms with E-state index in [-0.39, 0.29) is 17.9 Å². The molecular weight excluding hydrogens is 356 g/mol. The monoisotopic (exact) mass is 378 g/mol. The number of nitrogens with zero attached hydrogens (tertiary/aromatic N) is 1. The first-order chi connectivity index (χ1) is 13.5. The maximum Gasteiger partial charge on any atom is 0.324 e. The molecule has 2 amide bonds. The summed E-state index contributed by atoms with van der Waals surface area (Å²) in [7, 11) is 0. The van der Waals surface area contributed by atoms with Crippen molar-refractivity contribution in [2.75, 3.05) is 4.90 Å². The number of nitrogens with one attached hydrogen (secondary N) is 1. The van der Waals surface area contributed by atoms with E-state index < -0.39 is 29.9 Å². The predicted octanol–water partition coefficient (Wildman–Crippen LogP) is 2.46. The Morgan fingerprint density at radius 2 is 1.50 bits per heavy atom. The summed E-state index contributed by atoms with van der Waals surface area (Å²) in [6.45, 7) is 3.52. The van der Waals surface area contributed by atoms with Crippen LogP contribution >= 0.6 is 0 Å². The Kier molecular flexibility index (Phi) is 4.73. The van der Waals surface area contributed by atoms with Gasteiger partial charge in [-0.3, -0.25) is 19.7 Å². The summed E-state index contributed by atoms with van der Waals surface area (Å²) in [6, 6.07) is 17.0. The lowest BCUT2D eigenvalue weighted by molar-refractivity contribution is -0.152. The van der Waals surface area contributed by atoms with Crippen LogP contribution in [0.5, 0.6) is 0 Å². The minimum atomic E-state index is -0.859. The average Bonchev–Trinajstić information content (AvgIpc) is 3.20. The normalized spacial score (nSPS) is 26.6. The number of ether oxygens (including phenoxy) is 1. The number of anilines is 1. The first-order valence-corrected chi connectivity index (χ1v) is 9.43. The van der Waals surface area contributed by atoms with Crippen molar-refractivity contribution in [3.8, 4) is 0 Å². The van der Waals surface area contributed by atoms with Crippen molar-refractivity contribution < 1.29 is 19.1 Å². The number of benzene rings is 2. The van der Waals surface area contributed by atoms with Gasteiger partial charge in [-0.25, -0.2) is 4.90 Å². The molecule has 0 radical (unpaired) electrons. The fourth-order valence-electron chi connectivity index (χ4n) is 4.13. The molecule has 2 aromatic rings. The third kappa shape index (κ3) is 2.99. The summed E-state index contributed by atoms with van der Waals surface area (Å²) in [6.07, 6.45) is -0.305. The third-order valence-corrected chi connectivity index (χ3v) is 5.25. The van der Waals surface area contributed by atoms with E-state index in [9.17, 15) is 14.4 Å². The standard InChI is InChI=1S/C22H22N2O4/c1-13(2)28-22(27)19-17-16(18(23-19)14-9-5-3-6-10-14)20(25)24(21(17)26)15-11-7-4-8-12-15/h3-13,16-19,23H,1-2H3/t16-,17+,18-,19-/m0/s1. The van der Waals surface area contributed by atoms with Crippen LogP contribution in [-0.4, -0.2) is 29.9 Å². The largest absolute Gasteiger partial charge is 0.462 e. The molecule has 2 heterocycles. The molecule has 0 spiro atoms. The van der Waals surface area contributed by atoms with Crippen molar-refractivity contribution in [2.24, 2.45) is 11.8 Å². The summed E-state index contributed by atoms with van der Waals surface area (Å²) in [5.74, 6) is -2.59. The average molecular weight is 378 g/mol. The van der Waals surface area contributed by atoms with Gasteiger partial charge >= 0.3 is 5.97 Å². The molecule has 28 heavy (non-hydrogen) atoms. The fourth-order valence-corrected chi connectivity index (χ4v) is 4.13. The van der Waals surface area contributed by atoms with Gasteiger partial charge < -0.3 is 4.74 Å². The fraction of sp³-hybridized carbons (Fsp3) is 0.318. The van der Waals surface area contributed by atoms with Gasteiger partial charge in [0.25, 0.3) is 0 Å². The number of carbonyl (C=O) groups excluding carboxylic acids is 3. The summed E-state index contributed by atoms with van der Waals surface area (Å²) in [5.41, 5.74) is 1.39.